The number of aromatic amines is 1. The van der Waals surface area contributed by atoms with Crippen LogP contribution in [0.2, 0.25) is 0 Å². The molecule has 0 radical (unpaired) electrons. The number of hydrogen-bond donors (Lipinski definition) is 3. The molecule has 0 bridgehead atoms. The van der Waals surface area contributed by atoms with Crippen LogP contribution in [0.1, 0.15) is 0 Å². The van der Waals surface area contributed by atoms with Crippen molar-refractivity contribution in [1.82, 2.24) is 10.2 Å². The molecule has 0 aliphatic heterocycles. The van der Waals surface area contributed by atoms with Crippen LogP contribution in [0, 0.1) is 0 Å². The van der Waals surface area contributed by atoms with Crippen LogP contribution >= 0.6 is 0 Å². The number of H-pyrrole nitrogens is 1. The summed E-state index contributed by atoms with van der Waals surface area (Å²) in [5, 5.41) is 17.0. The first-order valence-electron chi connectivity index (χ1n) is 6.47. The van der Waals surface area contributed by atoms with Crippen molar-refractivity contribution in [3.8, 4) is 33.9 Å². The number of benzene rings is 2. The van der Waals surface area contributed by atoms with Crippen LogP contribution in [0.15, 0.2) is 48.5 Å². The molecule has 0 amide bonds. The number of nitrogen functional groups attached to an aromatic ring is 1. The SMILES string of the molecule is COc1ccc(-c2c(N)n[nH]c2-c2ccccc2O)cc1. The first-order valence-corrected chi connectivity index (χ1v) is 6.47. The minimum absolute atomic E-state index is 0.177. The summed E-state index contributed by atoms with van der Waals surface area (Å²) >= 11 is 0. The van der Waals surface area contributed by atoms with E-state index in [4.69, 9.17) is 10.5 Å². The summed E-state index contributed by atoms with van der Waals surface area (Å²) in [6, 6.07) is 14.6. The highest BCUT2D eigenvalue weighted by molar-refractivity contribution is 5.89. The van der Waals surface area contributed by atoms with Gasteiger partial charge in [0.15, 0.2) is 5.82 Å². The highest BCUT2D eigenvalue weighted by Gasteiger charge is 2.16. The Bertz CT molecular complexity index is 763. The molecule has 2 aromatic carbocycles. The van der Waals surface area contributed by atoms with E-state index >= 15 is 0 Å². The standard InChI is InChI=1S/C16H15N3O2/c1-21-11-8-6-10(7-9-11)14-15(18-19-16(14)17)12-4-2-3-5-13(12)20/h2-9,20H,1H3,(H3,17,18,19). The molecule has 0 aliphatic rings. The van der Waals surface area contributed by atoms with Gasteiger partial charge in [0.1, 0.15) is 11.5 Å². The lowest BCUT2D eigenvalue weighted by atomic mass is 10.0. The van der Waals surface area contributed by atoms with E-state index in [0.29, 0.717) is 17.1 Å². The Labute approximate surface area is 122 Å². The van der Waals surface area contributed by atoms with Crippen molar-refractivity contribution < 1.29 is 9.84 Å². The van der Waals surface area contributed by atoms with Gasteiger partial charge in [0.25, 0.3) is 0 Å². The first kappa shape index (κ1) is 13.1. The van der Waals surface area contributed by atoms with Gasteiger partial charge >= 0.3 is 0 Å². The van der Waals surface area contributed by atoms with Gasteiger partial charge < -0.3 is 15.6 Å². The van der Waals surface area contributed by atoms with E-state index in [1.165, 1.54) is 0 Å². The van der Waals surface area contributed by atoms with Gasteiger partial charge in [0, 0.05) is 5.56 Å². The molecule has 3 aromatic rings. The second-order valence-electron chi connectivity index (χ2n) is 4.60. The summed E-state index contributed by atoms with van der Waals surface area (Å²) < 4.78 is 5.16. The number of nitrogens with two attached hydrogens (primary N) is 1. The van der Waals surface area contributed by atoms with E-state index in [1.54, 1.807) is 19.2 Å². The lowest BCUT2D eigenvalue weighted by Crippen LogP contribution is -1.89. The van der Waals surface area contributed by atoms with Crippen molar-refractivity contribution in [3.05, 3.63) is 48.5 Å². The van der Waals surface area contributed by atoms with Gasteiger partial charge in [0.2, 0.25) is 0 Å². The molecule has 0 saturated carbocycles. The molecule has 0 spiro atoms. The molecule has 3 rings (SSSR count). The number of aromatic nitrogens is 2. The van der Waals surface area contributed by atoms with Crippen LogP contribution < -0.4 is 10.5 Å². The predicted octanol–water partition coefficient (Wildman–Crippen LogP) is 3.04. The Hall–Kier alpha value is -2.95. The topological polar surface area (TPSA) is 84.2 Å². The van der Waals surface area contributed by atoms with E-state index in [1.807, 2.05) is 36.4 Å². The number of aromatic hydroxyl groups is 1. The molecule has 1 heterocycles. The molecule has 5 nitrogen and oxygen atoms in total. The van der Waals surface area contributed by atoms with E-state index in [0.717, 1.165) is 16.9 Å². The molecule has 1 aromatic heterocycles. The molecule has 21 heavy (non-hydrogen) atoms. The van der Waals surface area contributed by atoms with E-state index in [-0.39, 0.29) is 5.75 Å². The number of methoxy groups -OCH3 is 1. The predicted molar refractivity (Wildman–Crippen MR) is 82.1 cm³/mol. The van der Waals surface area contributed by atoms with Crippen molar-refractivity contribution >= 4 is 5.82 Å². The Balaban J connectivity index is 2.15. The zero-order valence-corrected chi connectivity index (χ0v) is 11.5. The minimum Gasteiger partial charge on any atom is -0.507 e. The number of ether oxygens (including phenoxy) is 1. The summed E-state index contributed by atoms with van der Waals surface area (Å²) in [5.41, 5.74) is 8.99. The van der Waals surface area contributed by atoms with Crippen LogP contribution in [-0.4, -0.2) is 22.4 Å². The molecular weight excluding hydrogens is 266 g/mol. The summed E-state index contributed by atoms with van der Waals surface area (Å²) in [4.78, 5) is 0. The lowest BCUT2D eigenvalue weighted by molar-refractivity contribution is 0.415. The third-order valence-corrected chi connectivity index (χ3v) is 3.35. The third kappa shape index (κ3) is 2.29. The Morgan fingerprint density at radius 3 is 2.48 bits per heavy atom. The van der Waals surface area contributed by atoms with E-state index < -0.39 is 0 Å². The summed E-state index contributed by atoms with van der Waals surface area (Å²) in [5.74, 6) is 1.33. The molecule has 0 fully saturated rings. The van der Waals surface area contributed by atoms with Crippen molar-refractivity contribution in [2.24, 2.45) is 0 Å². The van der Waals surface area contributed by atoms with Gasteiger partial charge in [-0.15, -0.1) is 0 Å². The molecule has 0 saturated heterocycles. The summed E-state index contributed by atoms with van der Waals surface area (Å²) in [6.45, 7) is 0. The number of phenolic OH excluding ortho intramolecular Hbond substituents is 1. The Kier molecular flexibility index (Phi) is 3.23. The number of rotatable bonds is 3. The average Bonchev–Trinajstić information content (AvgIpc) is 2.89. The maximum absolute atomic E-state index is 10.0. The fourth-order valence-electron chi connectivity index (χ4n) is 2.29. The fourth-order valence-corrected chi connectivity index (χ4v) is 2.29. The number of anilines is 1. The summed E-state index contributed by atoms with van der Waals surface area (Å²) in [6.07, 6.45) is 0. The van der Waals surface area contributed by atoms with Gasteiger partial charge in [0.05, 0.1) is 18.4 Å². The molecule has 4 N–H and O–H groups in total. The van der Waals surface area contributed by atoms with Crippen molar-refractivity contribution in [1.29, 1.82) is 0 Å². The zero-order chi connectivity index (χ0) is 14.8. The van der Waals surface area contributed by atoms with Gasteiger partial charge in [-0.1, -0.05) is 24.3 Å². The van der Waals surface area contributed by atoms with Crippen LogP contribution in [0.3, 0.4) is 0 Å². The lowest BCUT2D eigenvalue weighted by Gasteiger charge is -2.07. The van der Waals surface area contributed by atoms with Crippen molar-refractivity contribution in [2.45, 2.75) is 0 Å². The monoisotopic (exact) mass is 281 g/mol. The van der Waals surface area contributed by atoms with Gasteiger partial charge in [-0.25, -0.2) is 0 Å². The van der Waals surface area contributed by atoms with E-state index in [2.05, 4.69) is 10.2 Å². The third-order valence-electron chi connectivity index (χ3n) is 3.35. The highest BCUT2D eigenvalue weighted by Crippen LogP contribution is 2.38. The molecule has 5 heteroatoms. The second-order valence-corrected chi connectivity index (χ2v) is 4.60. The van der Waals surface area contributed by atoms with Crippen molar-refractivity contribution in [3.63, 3.8) is 0 Å². The zero-order valence-electron chi connectivity index (χ0n) is 11.5. The van der Waals surface area contributed by atoms with Crippen LogP contribution in [0.4, 0.5) is 5.82 Å². The maximum atomic E-state index is 10.0. The number of para-hydroxylation sites is 1. The quantitative estimate of drug-likeness (QED) is 0.689. The minimum atomic E-state index is 0.177. The number of nitrogens with zero attached hydrogens (tertiary/aromatic N) is 1. The number of nitrogens with one attached hydrogen (secondary N) is 1. The van der Waals surface area contributed by atoms with Gasteiger partial charge in [-0.3, -0.25) is 5.10 Å². The number of phenols is 1. The van der Waals surface area contributed by atoms with Crippen LogP contribution in [0.5, 0.6) is 11.5 Å². The molecule has 0 aliphatic carbocycles. The molecular formula is C16H15N3O2. The first-order chi connectivity index (χ1) is 10.2. The fraction of sp³-hybridized carbons (Fsp3) is 0.0625. The largest absolute Gasteiger partial charge is 0.507 e. The van der Waals surface area contributed by atoms with E-state index in [9.17, 15) is 5.11 Å². The summed E-state index contributed by atoms with van der Waals surface area (Å²) in [7, 11) is 1.62. The molecule has 106 valence electrons. The molecule has 0 unspecified atom stereocenters. The Morgan fingerprint density at radius 2 is 1.81 bits per heavy atom. The van der Waals surface area contributed by atoms with Gasteiger partial charge in [-0.05, 0) is 29.8 Å². The van der Waals surface area contributed by atoms with Crippen molar-refractivity contribution in [2.75, 3.05) is 12.8 Å². The normalized spacial score (nSPS) is 10.5. The smallest absolute Gasteiger partial charge is 0.153 e. The number of hydrogen-bond acceptors (Lipinski definition) is 4. The van der Waals surface area contributed by atoms with Crippen LogP contribution in [-0.2, 0) is 0 Å². The maximum Gasteiger partial charge on any atom is 0.153 e. The highest BCUT2D eigenvalue weighted by atomic mass is 16.5. The molecule has 0 atom stereocenters. The average molecular weight is 281 g/mol. The van der Waals surface area contributed by atoms with Gasteiger partial charge in [-0.2, -0.15) is 5.10 Å². The Morgan fingerprint density at radius 1 is 1.10 bits per heavy atom. The second kappa shape index (κ2) is 5.20. The van der Waals surface area contributed by atoms with Crippen LogP contribution in [0.25, 0.3) is 22.4 Å².